The van der Waals surface area contributed by atoms with Crippen LogP contribution in [-0.2, 0) is 15.0 Å². The Kier molecular flexibility index (Phi) is 6.21. The van der Waals surface area contributed by atoms with Crippen LogP contribution in [0.3, 0.4) is 0 Å². The highest BCUT2D eigenvalue weighted by Crippen LogP contribution is 2.59. The van der Waals surface area contributed by atoms with E-state index in [-0.39, 0.29) is 5.56 Å². The monoisotopic (exact) mass is 444 g/mol. The van der Waals surface area contributed by atoms with Crippen LogP contribution in [0.5, 0.6) is 5.75 Å². The number of ether oxygens (including phenoxy) is 1. The van der Waals surface area contributed by atoms with Gasteiger partial charge in [-0.3, -0.25) is 4.57 Å². The summed E-state index contributed by atoms with van der Waals surface area (Å²) in [6.07, 6.45) is 1.36. The van der Waals surface area contributed by atoms with E-state index in [9.17, 15) is 40.1 Å². The van der Waals surface area contributed by atoms with Gasteiger partial charge < -0.3 is 14.5 Å². The number of hydrogen-bond donors (Lipinski definition) is 2. The fraction of sp³-hybridized carbons (Fsp3) is 0.0625. The molecular formula is C16H8F7O5P. The molecule has 0 radical (unpaired) electrons. The van der Waals surface area contributed by atoms with Crippen molar-refractivity contribution in [1.29, 1.82) is 0 Å². The highest BCUT2D eigenvalue weighted by molar-refractivity contribution is 7.52. The van der Waals surface area contributed by atoms with Gasteiger partial charge in [-0.05, 0) is 11.6 Å². The zero-order valence-electron chi connectivity index (χ0n) is 13.7. The first kappa shape index (κ1) is 22.6. The Labute approximate surface area is 157 Å². The van der Waals surface area contributed by atoms with E-state index in [2.05, 4.69) is 4.74 Å². The Morgan fingerprint density at radius 3 is 1.79 bits per heavy atom. The van der Waals surface area contributed by atoms with Crippen molar-refractivity contribution in [2.24, 2.45) is 0 Å². The summed E-state index contributed by atoms with van der Waals surface area (Å²) in [6, 6.07) is 3.13. The van der Waals surface area contributed by atoms with Gasteiger partial charge in [-0.2, -0.15) is 17.6 Å². The van der Waals surface area contributed by atoms with E-state index >= 15 is 0 Å². The second-order valence-corrected chi connectivity index (χ2v) is 7.01. The first-order valence-electron chi connectivity index (χ1n) is 7.22. The summed E-state index contributed by atoms with van der Waals surface area (Å²) in [5.74, 6) is -15.2. The maximum atomic E-state index is 13.5. The number of carbonyl (C=O) groups is 1. The second-order valence-electron chi connectivity index (χ2n) is 5.36. The first-order chi connectivity index (χ1) is 13.3. The van der Waals surface area contributed by atoms with Crippen LogP contribution < -0.4 is 4.74 Å². The second kappa shape index (κ2) is 7.97. The Balaban J connectivity index is 2.20. The van der Waals surface area contributed by atoms with Gasteiger partial charge in [0, 0.05) is 11.6 Å². The molecule has 13 heteroatoms. The minimum absolute atomic E-state index is 0.00428. The quantitative estimate of drug-likeness (QED) is 0.137. The molecule has 0 aliphatic carbocycles. The number of hydrogen-bond acceptors (Lipinski definition) is 3. The molecule has 0 heterocycles. The third-order valence-electron chi connectivity index (χ3n) is 3.41. The van der Waals surface area contributed by atoms with Crippen LogP contribution in [0.25, 0.3) is 6.08 Å². The van der Waals surface area contributed by atoms with Crippen LogP contribution in [0, 0.1) is 29.1 Å². The topological polar surface area (TPSA) is 83.8 Å². The van der Waals surface area contributed by atoms with Crippen molar-refractivity contribution < 1.29 is 54.6 Å². The molecule has 5 nitrogen and oxygen atoms in total. The number of benzene rings is 2. The lowest BCUT2D eigenvalue weighted by Gasteiger charge is -2.17. The van der Waals surface area contributed by atoms with Gasteiger partial charge in [0.1, 0.15) is 0 Å². The maximum Gasteiger partial charge on any atom is 0.399 e. The smallest absolute Gasteiger partial charge is 0.399 e. The molecule has 0 unspecified atom stereocenters. The third kappa shape index (κ3) is 4.50. The predicted octanol–water partition coefficient (Wildman–Crippen LogP) is 4.23. The molecule has 2 aromatic carbocycles. The van der Waals surface area contributed by atoms with E-state index in [0.717, 1.165) is 18.2 Å². The molecule has 156 valence electrons. The van der Waals surface area contributed by atoms with E-state index in [4.69, 9.17) is 9.79 Å². The number of carbonyl (C=O) groups excluding carboxylic acids is 1. The molecule has 29 heavy (non-hydrogen) atoms. The van der Waals surface area contributed by atoms with Gasteiger partial charge in [-0.1, -0.05) is 24.3 Å². The Bertz CT molecular complexity index is 1000. The fourth-order valence-electron chi connectivity index (χ4n) is 1.94. The largest absolute Gasteiger partial charge is 0.417 e. The summed E-state index contributed by atoms with van der Waals surface area (Å²) in [6.45, 7) is 0. The van der Waals surface area contributed by atoms with Crippen LogP contribution in [0.2, 0.25) is 0 Å². The standard InChI is InChI=1S/C16H8F7O5P/c17-10-11(18)13(20)15(14(21)12(10)19)28-9(24)6-3-7-1-4-8(5-2-7)16(22,23)29(25,26)27/h1-6H,(H2,25,26,27)/b6-3+. The highest BCUT2D eigenvalue weighted by Gasteiger charge is 2.50. The summed E-state index contributed by atoms with van der Waals surface area (Å²) in [5, 5.41) is 0. The molecule has 0 spiro atoms. The lowest BCUT2D eigenvalue weighted by Crippen LogP contribution is -2.13. The average Bonchev–Trinajstić information content (AvgIpc) is 2.66. The lowest BCUT2D eigenvalue weighted by molar-refractivity contribution is -0.129. The summed E-state index contributed by atoms with van der Waals surface area (Å²) < 4.78 is 108. The molecule has 0 fully saturated rings. The number of esters is 1. The molecule has 2 aromatic rings. The SMILES string of the molecule is O=C(/C=C/c1ccc(C(F)(F)P(=O)(O)O)cc1)Oc1c(F)c(F)c(F)c(F)c1F. The zero-order valence-corrected chi connectivity index (χ0v) is 14.6. The molecule has 0 aromatic heterocycles. The van der Waals surface area contributed by atoms with Crippen molar-refractivity contribution in [1.82, 2.24) is 0 Å². The van der Waals surface area contributed by atoms with Crippen LogP contribution in [-0.4, -0.2) is 15.8 Å². The molecule has 0 atom stereocenters. The number of rotatable bonds is 5. The van der Waals surface area contributed by atoms with Crippen LogP contribution >= 0.6 is 7.60 Å². The summed E-state index contributed by atoms with van der Waals surface area (Å²) in [5.41, 5.74) is -5.48. The molecular weight excluding hydrogens is 436 g/mol. The highest BCUT2D eigenvalue weighted by atomic mass is 31.2. The average molecular weight is 444 g/mol. The van der Waals surface area contributed by atoms with Gasteiger partial charge >= 0.3 is 19.2 Å². The Morgan fingerprint density at radius 2 is 1.34 bits per heavy atom. The van der Waals surface area contributed by atoms with Crippen LogP contribution in [0.15, 0.2) is 30.3 Å². The molecule has 2 rings (SSSR count). The van der Waals surface area contributed by atoms with E-state index < -0.39 is 59.6 Å². The minimum Gasteiger partial charge on any atom is -0.417 e. The van der Waals surface area contributed by atoms with Crippen molar-refractivity contribution in [3.05, 3.63) is 70.6 Å². The van der Waals surface area contributed by atoms with Gasteiger partial charge in [0.05, 0.1) is 0 Å². The Morgan fingerprint density at radius 1 is 0.897 bits per heavy atom. The van der Waals surface area contributed by atoms with Gasteiger partial charge in [0.25, 0.3) is 0 Å². The molecule has 2 N–H and O–H groups in total. The van der Waals surface area contributed by atoms with Crippen molar-refractivity contribution >= 4 is 19.6 Å². The predicted molar refractivity (Wildman–Crippen MR) is 83.3 cm³/mol. The normalized spacial score (nSPS) is 12.4. The number of halogens is 7. The lowest BCUT2D eigenvalue weighted by atomic mass is 10.1. The molecule has 0 saturated carbocycles. The van der Waals surface area contributed by atoms with Gasteiger partial charge in [0.15, 0.2) is 0 Å². The molecule has 0 aliphatic heterocycles. The van der Waals surface area contributed by atoms with E-state index in [1.165, 1.54) is 0 Å². The van der Waals surface area contributed by atoms with E-state index in [1.807, 2.05) is 0 Å². The van der Waals surface area contributed by atoms with Crippen molar-refractivity contribution in [2.45, 2.75) is 5.66 Å². The maximum absolute atomic E-state index is 13.5. The van der Waals surface area contributed by atoms with Crippen LogP contribution in [0.4, 0.5) is 30.7 Å². The van der Waals surface area contributed by atoms with Crippen molar-refractivity contribution in [3.63, 3.8) is 0 Å². The van der Waals surface area contributed by atoms with Crippen molar-refractivity contribution in [3.8, 4) is 5.75 Å². The van der Waals surface area contributed by atoms with E-state index in [0.29, 0.717) is 18.2 Å². The number of alkyl halides is 2. The Hall–Kier alpha value is -2.69. The third-order valence-corrected chi connectivity index (χ3v) is 4.40. The molecule has 0 aliphatic rings. The van der Waals surface area contributed by atoms with Crippen molar-refractivity contribution in [2.75, 3.05) is 0 Å². The fourth-order valence-corrected chi connectivity index (χ4v) is 2.42. The molecule has 0 amide bonds. The minimum atomic E-state index is -5.78. The zero-order chi connectivity index (χ0) is 22.1. The van der Waals surface area contributed by atoms with Gasteiger partial charge in [0.2, 0.25) is 34.8 Å². The van der Waals surface area contributed by atoms with Gasteiger partial charge in [-0.15, -0.1) is 0 Å². The molecule has 0 bridgehead atoms. The molecule has 0 saturated heterocycles. The van der Waals surface area contributed by atoms with Gasteiger partial charge in [-0.25, -0.2) is 18.0 Å². The summed E-state index contributed by atoms with van der Waals surface area (Å²) in [7, 11) is -5.78. The summed E-state index contributed by atoms with van der Waals surface area (Å²) >= 11 is 0. The summed E-state index contributed by atoms with van der Waals surface area (Å²) in [4.78, 5) is 28.8. The first-order valence-corrected chi connectivity index (χ1v) is 8.84. The van der Waals surface area contributed by atoms with E-state index in [1.54, 1.807) is 0 Å². The van der Waals surface area contributed by atoms with Crippen LogP contribution in [0.1, 0.15) is 11.1 Å².